The summed E-state index contributed by atoms with van der Waals surface area (Å²) < 4.78 is 48.8. The van der Waals surface area contributed by atoms with Crippen LogP contribution < -0.4 is 4.74 Å². The zero-order valence-corrected chi connectivity index (χ0v) is 20.0. The average Bonchev–Trinajstić information content (AvgIpc) is 3.25. The summed E-state index contributed by atoms with van der Waals surface area (Å²) in [6.45, 7) is 7.01. The van der Waals surface area contributed by atoms with Crippen molar-refractivity contribution in [3.63, 3.8) is 0 Å². The molecule has 0 bridgehead atoms. The third-order valence-corrected chi connectivity index (χ3v) is 5.51. The van der Waals surface area contributed by atoms with E-state index in [9.17, 15) is 18.3 Å². The summed E-state index contributed by atoms with van der Waals surface area (Å²) in [5.41, 5.74) is 0.527. The number of halogens is 3. The molecular formula is C28H27F3N2O2. The molecule has 3 aromatic carbocycles. The van der Waals surface area contributed by atoms with Crippen LogP contribution in [0.15, 0.2) is 79.0 Å². The molecule has 4 nitrogen and oxygen atoms in total. The lowest BCUT2D eigenvalue weighted by Gasteiger charge is -2.16. The first-order chi connectivity index (χ1) is 16.4. The lowest BCUT2D eigenvalue weighted by atomic mass is 10.0. The van der Waals surface area contributed by atoms with Crippen molar-refractivity contribution in [1.82, 2.24) is 9.55 Å². The van der Waals surface area contributed by atoms with Crippen LogP contribution in [0.5, 0.6) is 5.75 Å². The van der Waals surface area contributed by atoms with Crippen LogP contribution in [0.3, 0.4) is 0 Å². The molecule has 35 heavy (non-hydrogen) atoms. The smallest absolute Gasteiger partial charge is 0.417 e. The van der Waals surface area contributed by atoms with Crippen molar-refractivity contribution in [3.05, 3.63) is 90.3 Å². The van der Waals surface area contributed by atoms with E-state index in [1.54, 1.807) is 30.7 Å². The van der Waals surface area contributed by atoms with Gasteiger partial charge in [0.25, 0.3) is 0 Å². The summed E-state index contributed by atoms with van der Waals surface area (Å²) in [4.78, 5) is 4.42. The number of ether oxygens (including phenoxy) is 1. The number of imidazole rings is 1. The largest absolute Gasteiger partial charge is 0.490 e. The van der Waals surface area contributed by atoms with E-state index in [-0.39, 0.29) is 23.2 Å². The molecule has 0 aliphatic heterocycles. The van der Waals surface area contributed by atoms with Crippen molar-refractivity contribution in [2.24, 2.45) is 0 Å². The van der Waals surface area contributed by atoms with E-state index >= 15 is 0 Å². The number of aliphatic hydroxyl groups is 1. The van der Waals surface area contributed by atoms with Crippen molar-refractivity contribution in [2.75, 3.05) is 0 Å². The van der Waals surface area contributed by atoms with E-state index in [1.165, 1.54) is 12.1 Å². The molecule has 0 amide bonds. The number of hydrogen-bond donors (Lipinski definition) is 1. The van der Waals surface area contributed by atoms with E-state index < -0.39 is 17.3 Å². The molecular weight excluding hydrogens is 453 g/mol. The van der Waals surface area contributed by atoms with Gasteiger partial charge in [-0.2, -0.15) is 13.2 Å². The molecule has 1 aromatic heterocycles. The maximum absolute atomic E-state index is 13.8. The molecule has 7 heteroatoms. The van der Waals surface area contributed by atoms with E-state index in [1.807, 2.05) is 62.4 Å². The topological polar surface area (TPSA) is 47.3 Å². The number of aromatic nitrogens is 2. The minimum Gasteiger partial charge on any atom is -0.490 e. The highest BCUT2D eigenvalue weighted by molar-refractivity contribution is 5.72. The Bertz CT molecular complexity index is 1320. The van der Waals surface area contributed by atoms with E-state index in [4.69, 9.17) is 4.74 Å². The van der Waals surface area contributed by atoms with Gasteiger partial charge in [-0.15, -0.1) is 0 Å². The normalized spacial score (nSPS) is 12.3. The third-order valence-electron chi connectivity index (χ3n) is 5.51. The van der Waals surface area contributed by atoms with Gasteiger partial charge in [-0.05, 0) is 57.5 Å². The van der Waals surface area contributed by atoms with Crippen molar-refractivity contribution in [3.8, 4) is 34.0 Å². The summed E-state index contributed by atoms with van der Waals surface area (Å²) in [7, 11) is 0. The van der Waals surface area contributed by atoms with Crippen LogP contribution in [0.1, 0.15) is 39.0 Å². The Morgan fingerprint density at radius 1 is 0.857 bits per heavy atom. The molecule has 182 valence electrons. The highest BCUT2D eigenvalue weighted by Gasteiger charge is 2.35. The first-order valence-corrected chi connectivity index (χ1v) is 11.3. The minimum atomic E-state index is -4.55. The van der Waals surface area contributed by atoms with Gasteiger partial charge in [-0.1, -0.05) is 48.5 Å². The number of para-hydroxylation sites is 1. The van der Waals surface area contributed by atoms with Crippen LogP contribution in [0.4, 0.5) is 13.2 Å². The molecule has 0 radical (unpaired) electrons. The Hall–Kier alpha value is -3.58. The number of benzene rings is 3. The van der Waals surface area contributed by atoms with Crippen molar-refractivity contribution in [2.45, 2.75) is 45.6 Å². The third kappa shape index (κ3) is 5.25. The van der Waals surface area contributed by atoms with E-state index in [2.05, 4.69) is 4.98 Å². The molecule has 0 aliphatic rings. The molecule has 0 fully saturated rings. The molecule has 0 atom stereocenters. The maximum Gasteiger partial charge on any atom is 0.417 e. The Balaban J connectivity index is 1.83. The van der Waals surface area contributed by atoms with Gasteiger partial charge >= 0.3 is 6.18 Å². The lowest BCUT2D eigenvalue weighted by molar-refractivity contribution is -0.137. The highest BCUT2D eigenvalue weighted by atomic mass is 19.4. The number of rotatable bonds is 6. The quantitative estimate of drug-likeness (QED) is 0.316. The van der Waals surface area contributed by atoms with Gasteiger partial charge in [0.05, 0.1) is 17.4 Å². The van der Waals surface area contributed by atoms with Gasteiger partial charge in [-0.3, -0.25) is 4.57 Å². The van der Waals surface area contributed by atoms with Gasteiger partial charge < -0.3 is 9.84 Å². The fourth-order valence-corrected chi connectivity index (χ4v) is 3.85. The van der Waals surface area contributed by atoms with Gasteiger partial charge in [0.2, 0.25) is 0 Å². The van der Waals surface area contributed by atoms with Crippen LogP contribution in [0.25, 0.3) is 28.2 Å². The second-order valence-corrected chi connectivity index (χ2v) is 9.13. The zero-order chi connectivity index (χ0) is 25.4. The predicted molar refractivity (Wildman–Crippen MR) is 130 cm³/mol. The van der Waals surface area contributed by atoms with E-state index in [0.29, 0.717) is 5.69 Å². The summed E-state index contributed by atoms with van der Waals surface area (Å²) >= 11 is 0. The molecule has 0 unspecified atom stereocenters. The Morgan fingerprint density at radius 2 is 1.46 bits per heavy atom. The number of hydrogen-bond acceptors (Lipinski definition) is 3. The number of nitrogens with zero attached hydrogens (tertiary/aromatic N) is 2. The van der Waals surface area contributed by atoms with Crippen LogP contribution >= 0.6 is 0 Å². The molecule has 4 aromatic rings. The summed E-state index contributed by atoms with van der Waals surface area (Å²) in [5.74, 6) is 0.855. The predicted octanol–water partition coefficient (Wildman–Crippen LogP) is 7.24. The molecule has 4 rings (SSSR count). The molecule has 1 heterocycles. The zero-order valence-electron chi connectivity index (χ0n) is 20.0. The molecule has 0 aliphatic carbocycles. The highest BCUT2D eigenvalue weighted by Crippen LogP contribution is 2.38. The molecule has 1 N–H and O–H groups in total. The maximum atomic E-state index is 13.8. The Labute approximate surface area is 202 Å². The molecule has 0 spiro atoms. The van der Waals surface area contributed by atoms with Gasteiger partial charge in [-0.25, -0.2) is 4.98 Å². The minimum absolute atomic E-state index is 0.0119. The monoisotopic (exact) mass is 480 g/mol. The molecule has 0 saturated heterocycles. The van der Waals surface area contributed by atoms with Crippen LogP contribution in [0, 0.1) is 0 Å². The SMILES string of the molecule is CC(C)Oc1ccccc1-c1ccc(-n2cc(C(C)(C)O)nc2-c2ccccc2C(F)(F)F)cc1. The van der Waals surface area contributed by atoms with Gasteiger partial charge in [0, 0.05) is 23.0 Å². The van der Waals surface area contributed by atoms with Crippen LogP contribution in [-0.4, -0.2) is 20.8 Å². The first kappa shape index (κ1) is 24.5. The second kappa shape index (κ2) is 9.23. The first-order valence-electron chi connectivity index (χ1n) is 11.3. The van der Waals surface area contributed by atoms with Crippen molar-refractivity contribution >= 4 is 0 Å². The summed E-state index contributed by atoms with van der Waals surface area (Å²) in [6, 6.07) is 20.4. The van der Waals surface area contributed by atoms with Crippen molar-refractivity contribution < 1.29 is 23.0 Å². The Kier molecular flexibility index (Phi) is 6.47. The molecule has 0 saturated carbocycles. The Morgan fingerprint density at radius 3 is 2.06 bits per heavy atom. The van der Waals surface area contributed by atoms with Crippen molar-refractivity contribution in [1.29, 1.82) is 0 Å². The average molecular weight is 481 g/mol. The van der Waals surface area contributed by atoms with Crippen LogP contribution in [0.2, 0.25) is 0 Å². The van der Waals surface area contributed by atoms with E-state index in [0.717, 1.165) is 22.9 Å². The standard InChI is InChI=1S/C28H27F3N2O2/c1-18(2)35-24-12-8-6-9-21(24)19-13-15-20(16-14-19)33-17-25(27(3,4)34)32-26(33)22-10-5-7-11-23(22)28(29,30)31/h5-18,34H,1-4H3. The van der Waals surface area contributed by atoms with Crippen LogP contribution in [-0.2, 0) is 11.8 Å². The lowest BCUT2D eigenvalue weighted by Crippen LogP contribution is -2.15. The van der Waals surface area contributed by atoms with Gasteiger partial charge in [0.1, 0.15) is 17.2 Å². The summed E-state index contributed by atoms with van der Waals surface area (Å²) in [5, 5.41) is 10.5. The fraction of sp³-hybridized carbons (Fsp3) is 0.250. The second-order valence-electron chi connectivity index (χ2n) is 9.13. The van der Waals surface area contributed by atoms with Gasteiger partial charge in [0.15, 0.2) is 0 Å². The number of alkyl halides is 3. The summed E-state index contributed by atoms with van der Waals surface area (Å²) in [6.07, 6.45) is -2.96. The fourth-order valence-electron chi connectivity index (χ4n) is 3.85.